The van der Waals surface area contributed by atoms with Gasteiger partial charge >= 0.3 is 0 Å². The molecule has 0 aliphatic heterocycles. The molecule has 0 saturated heterocycles. The largest absolute Gasteiger partial charge is 0.458 e. The number of aryl methyl sites for hydroxylation is 2. The summed E-state index contributed by atoms with van der Waals surface area (Å²) in [5, 5.41) is 2.47. The Bertz CT molecular complexity index is 682. The molecule has 0 bridgehead atoms. The highest BCUT2D eigenvalue weighted by Gasteiger charge is 2.16. The second kappa shape index (κ2) is 3.74. The number of aromatic nitrogens is 1. The summed E-state index contributed by atoms with van der Waals surface area (Å²) in [5.74, 6) is 0.943. The van der Waals surface area contributed by atoms with E-state index >= 15 is 0 Å². The molecule has 2 heterocycles. The Morgan fingerprint density at radius 1 is 1.06 bits per heavy atom. The van der Waals surface area contributed by atoms with E-state index < -0.39 is 0 Å². The molecule has 0 radical (unpaired) electrons. The minimum absolute atomic E-state index is 0.943. The molecule has 84 valence electrons. The standard InChI is InChI=1S/C15H14NO/c1-11-7-8-17-15(11)14-9-12-5-3-4-6-13(12)10-16(14)2/h3-10H,1-2H3/q+1. The lowest BCUT2D eigenvalue weighted by atomic mass is 10.1. The van der Waals surface area contributed by atoms with E-state index in [1.54, 1.807) is 6.26 Å². The molecule has 2 heteroatoms. The van der Waals surface area contributed by atoms with Crippen LogP contribution in [0.3, 0.4) is 0 Å². The maximum absolute atomic E-state index is 5.56. The molecule has 1 aromatic carbocycles. The highest BCUT2D eigenvalue weighted by Crippen LogP contribution is 2.23. The third-order valence-corrected chi connectivity index (χ3v) is 3.10. The first-order valence-corrected chi connectivity index (χ1v) is 5.68. The van der Waals surface area contributed by atoms with Gasteiger partial charge in [-0.3, -0.25) is 0 Å². The maximum Gasteiger partial charge on any atom is 0.248 e. The van der Waals surface area contributed by atoms with Crippen molar-refractivity contribution in [1.29, 1.82) is 0 Å². The summed E-state index contributed by atoms with van der Waals surface area (Å²) in [6.07, 6.45) is 3.87. The summed E-state index contributed by atoms with van der Waals surface area (Å²) in [7, 11) is 2.05. The fourth-order valence-corrected chi connectivity index (χ4v) is 2.15. The minimum atomic E-state index is 0.943. The van der Waals surface area contributed by atoms with Crippen molar-refractivity contribution < 1.29 is 8.98 Å². The van der Waals surface area contributed by atoms with Crippen molar-refractivity contribution >= 4 is 10.8 Å². The van der Waals surface area contributed by atoms with Crippen LogP contribution in [-0.2, 0) is 7.05 Å². The van der Waals surface area contributed by atoms with Gasteiger partial charge in [0.15, 0.2) is 6.20 Å². The van der Waals surface area contributed by atoms with Crippen LogP contribution in [0.4, 0.5) is 0 Å². The minimum Gasteiger partial charge on any atom is -0.458 e. The van der Waals surface area contributed by atoms with Crippen LogP contribution in [0.25, 0.3) is 22.2 Å². The number of pyridine rings is 1. The number of nitrogens with zero attached hydrogens (tertiary/aromatic N) is 1. The van der Waals surface area contributed by atoms with E-state index in [1.807, 2.05) is 13.1 Å². The van der Waals surface area contributed by atoms with Gasteiger partial charge in [-0.05, 0) is 24.4 Å². The molecule has 2 aromatic heterocycles. The molecule has 3 aromatic rings. The van der Waals surface area contributed by atoms with Gasteiger partial charge in [0.2, 0.25) is 11.5 Å². The van der Waals surface area contributed by atoms with Crippen molar-refractivity contribution in [2.24, 2.45) is 7.05 Å². The number of fused-ring (bicyclic) bond motifs is 1. The van der Waals surface area contributed by atoms with E-state index in [0.29, 0.717) is 0 Å². The maximum atomic E-state index is 5.56. The van der Waals surface area contributed by atoms with Gasteiger partial charge in [-0.15, -0.1) is 0 Å². The van der Waals surface area contributed by atoms with E-state index in [0.717, 1.165) is 17.0 Å². The fraction of sp³-hybridized carbons (Fsp3) is 0.133. The molecule has 17 heavy (non-hydrogen) atoms. The fourth-order valence-electron chi connectivity index (χ4n) is 2.15. The molecule has 0 unspecified atom stereocenters. The molecule has 0 aliphatic rings. The highest BCUT2D eigenvalue weighted by molar-refractivity contribution is 5.83. The van der Waals surface area contributed by atoms with Gasteiger partial charge in [0.1, 0.15) is 7.05 Å². The zero-order chi connectivity index (χ0) is 11.8. The van der Waals surface area contributed by atoms with E-state index in [9.17, 15) is 0 Å². The van der Waals surface area contributed by atoms with Crippen LogP contribution in [0.15, 0.2) is 53.3 Å². The highest BCUT2D eigenvalue weighted by atomic mass is 16.3. The van der Waals surface area contributed by atoms with Crippen molar-refractivity contribution in [3.05, 3.63) is 54.4 Å². The Balaban J connectivity index is 2.30. The summed E-state index contributed by atoms with van der Waals surface area (Å²) in [6.45, 7) is 2.06. The first-order chi connectivity index (χ1) is 8.25. The van der Waals surface area contributed by atoms with Gasteiger partial charge in [0, 0.05) is 17.0 Å². The lowest BCUT2D eigenvalue weighted by molar-refractivity contribution is -0.659. The van der Waals surface area contributed by atoms with Gasteiger partial charge in [-0.2, -0.15) is 4.57 Å². The quantitative estimate of drug-likeness (QED) is 0.580. The Kier molecular flexibility index (Phi) is 2.22. The number of hydrogen-bond acceptors (Lipinski definition) is 1. The molecule has 0 amide bonds. The van der Waals surface area contributed by atoms with Gasteiger partial charge in [0.25, 0.3) is 0 Å². The monoisotopic (exact) mass is 224 g/mol. The predicted octanol–water partition coefficient (Wildman–Crippen LogP) is 3.23. The first-order valence-electron chi connectivity index (χ1n) is 5.68. The summed E-state index contributed by atoms with van der Waals surface area (Å²) in [6, 6.07) is 12.5. The first kappa shape index (κ1) is 10.1. The number of hydrogen-bond donors (Lipinski definition) is 0. The Hall–Kier alpha value is -2.09. The molecule has 3 rings (SSSR count). The van der Waals surface area contributed by atoms with Crippen LogP contribution < -0.4 is 4.57 Å². The van der Waals surface area contributed by atoms with Crippen LogP contribution in [0.2, 0.25) is 0 Å². The third kappa shape index (κ3) is 1.62. The van der Waals surface area contributed by atoms with Crippen LogP contribution in [-0.4, -0.2) is 0 Å². The Labute approximate surface area is 100 Å². The lowest BCUT2D eigenvalue weighted by Crippen LogP contribution is -2.30. The zero-order valence-corrected chi connectivity index (χ0v) is 9.97. The van der Waals surface area contributed by atoms with Crippen LogP contribution in [0.1, 0.15) is 5.56 Å². The normalized spacial score (nSPS) is 10.9. The average molecular weight is 224 g/mol. The third-order valence-electron chi connectivity index (χ3n) is 3.10. The SMILES string of the molecule is Cc1ccoc1-c1cc2ccccc2c[n+]1C. The Morgan fingerprint density at radius 3 is 2.53 bits per heavy atom. The van der Waals surface area contributed by atoms with Crippen molar-refractivity contribution in [2.75, 3.05) is 0 Å². The van der Waals surface area contributed by atoms with Crippen LogP contribution in [0.5, 0.6) is 0 Å². The second-order valence-electron chi connectivity index (χ2n) is 4.33. The lowest BCUT2D eigenvalue weighted by Gasteiger charge is -2.01. The molecular formula is C15H14NO+. The molecule has 0 fully saturated rings. The Morgan fingerprint density at radius 2 is 1.82 bits per heavy atom. The number of furan rings is 1. The van der Waals surface area contributed by atoms with Crippen LogP contribution >= 0.6 is 0 Å². The van der Waals surface area contributed by atoms with E-state index in [2.05, 4.69) is 48.0 Å². The molecule has 0 atom stereocenters. The number of rotatable bonds is 1. The van der Waals surface area contributed by atoms with E-state index in [1.165, 1.54) is 10.8 Å². The summed E-state index contributed by atoms with van der Waals surface area (Å²) in [5.41, 5.74) is 2.27. The molecule has 0 N–H and O–H groups in total. The smallest absolute Gasteiger partial charge is 0.248 e. The van der Waals surface area contributed by atoms with Gasteiger partial charge in [0.05, 0.1) is 6.26 Å². The van der Waals surface area contributed by atoms with Gasteiger partial charge in [-0.1, -0.05) is 18.2 Å². The molecule has 0 aliphatic carbocycles. The van der Waals surface area contributed by atoms with Crippen molar-refractivity contribution in [3.8, 4) is 11.5 Å². The van der Waals surface area contributed by atoms with Crippen molar-refractivity contribution in [2.45, 2.75) is 6.92 Å². The predicted molar refractivity (Wildman–Crippen MR) is 67.6 cm³/mol. The van der Waals surface area contributed by atoms with Crippen LogP contribution in [0, 0.1) is 6.92 Å². The van der Waals surface area contributed by atoms with Crippen molar-refractivity contribution in [3.63, 3.8) is 0 Å². The van der Waals surface area contributed by atoms with E-state index in [-0.39, 0.29) is 0 Å². The molecule has 2 nitrogen and oxygen atoms in total. The summed E-state index contributed by atoms with van der Waals surface area (Å²) in [4.78, 5) is 0. The summed E-state index contributed by atoms with van der Waals surface area (Å²) < 4.78 is 7.66. The molecular weight excluding hydrogens is 210 g/mol. The second-order valence-corrected chi connectivity index (χ2v) is 4.33. The topological polar surface area (TPSA) is 17.0 Å². The summed E-state index contributed by atoms with van der Waals surface area (Å²) >= 11 is 0. The molecule has 0 spiro atoms. The zero-order valence-electron chi connectivity index (χ0n) is 9.97. The average Bonchev–Trinajstić information content (AvgIpc) is 2.74. The van der Waals surface area contributed by atoms with Crippen molar-refractivity contribution in [1.82, 2.24) is 0 Å². The van der Waals surface area contributed by atoms with Gasteiger partial charge in [-0.25, -0.2) is 0 Å². The number of benzene rings is 1. The van der Waals surface area contributed by atoms with Gasteiger partial charge < -0.3 is 4.42 Å². The van der Waals surface area contributed by atoms with E-state index in [4.69, 9.17) is 4.42 Å². The molecule has 0 saturated carbocycles.